The highest BCUT2D eigenvalue weighted by atomic mass is 35.7. The van der Waals surface area contributed by atoms with Crippen LogP contribution in [-0.4, -0.2) is 24.2 Å². The standard InChI is InChI=1S/C11H18ClNO3S/c1-8(2)9-4-3-5-11(6-9)7-10(14)13(11)17(12,15)16/h8-9H,3-7H2,1-2H3. The first-order valence-corrected chi connectivity index (χ1v) is 8.31. The second-order valence-corrected chi connectivity index (χ2v) is 7.96. The highest BCUT2D eigenvalue weighted by Crippen LogP contribution is 2.49. The lowest BCUT2D eigenvalue weighted by Gasteiger charge is -2.53. The predicted octanol–water partition coefficient (Wildman–Crippen LogP) is 2.29. The monoisotopic (exact) mass is 279 g/mol. The van der Waals surface area contributed by atoms with Gasteiger partial charge >= 0.3 is 9.24 Å². The number of carbonyl (C=O) groups is 1. The van der Waals surface area contributed by atoms with Gasteiger partial charge in [0.2, 0.25) is 5.91 Å². The molecular weight excluding hydrogens is 262 g/mol. The Morgan fingerprint density at radius 2 is 2.12 bits per heavy atom. The lowest BCUT2D eigenvalue weighted by molar-refractivity contribution is -0.149. The van der Waals surface area contributed by atoms with Gasteiger partial charge in [-0.3, -0.25) is 4.79 Å². The summed E-state index contributed by atoms with van der Waals surface area (Å²) in [5.74, 6) is 0.643. The average molecular weight is 280 g/mol. The summed E-state index contributed by atoms with van der Waals surface area (Å²) >= 11 is 0. The third-order valence-corrected chi connectivity index (χ3v) is 5.60. The minimum atomic E-state index is -3.92. The normalized spacial score (nSPS) is 34.2. The molecule has 1 aliphatic carbocycles. The summed E-state index contributed by atoms with van der Waals surface area (Å²) in [5.41, 5.74) is -0.509. The lowest BCUT2D eigenvalue weighted by atomic mass is 9.67. The molecule has 6 heteroatoms. The summed E-state index contributed by atoms with van der Waals surface area (Å²) in [6, 6.07) is 0. The number of carbonyl (C=O) groups excluding carboxylic acids is 1. The van der Waals surface area contributed by atoms with Gasteiger partial charge in [0.05, 0.1) is 12.0 Å². The van der Waals surface area contributed by atoms with Crippen LogP contribution in [0.1, 0.15) is 46.0 Å². The van der Waals surface area contributed by atoms with Crippen LogP contribution in [0.2, 0.25) is 0 Å². The van der Waals surface area contributed by atoms with Crippen molar-refractivity contribution in [1.82, 2.24) is 4.31 Å². The van der Waals surface area contributed by atoms with Gasteiger partial charge in [0.1, 0.15) is 0 Å². The summed E-state index contributed by atoms with van der Waals surface area (Å²) in [6.45, 7) is 4.29. The van der Waals surface area contributed by atoms with Gasteiger partial charge in [0.15, 0.2) is 0 Å². The molecule has 1 heterocycles. The molecule has 1 saturated heterocycles. The molecule has 1 amide bonds. The first-order chi connectivity index (χ1) is 7.76. The van der Waals surface area contributed by atoms with E-state index < -0.39 is 14.8 Å². The van der Waals surface area contributed by atoms with E-state index in [1.165, 1.54) is 0 Å². The molecule has 0 N–H and O–H groups in total. The Morgan fingerprint density at radius 1 is 1.47 bits per heavy atom. The largest absolute Gasteiger partial charge is 0.324 e. The molecule has 1 spiro atoms. The van der Waals surface area contributed by atoms with E-state index in [4.69, 9.17) is 10.7 Å². The molecule has 2 unspecified atom stereocenters. The van der Waals surface area contributed by atoms with E-state index in [1.807, 2.05) is 0 Å². The van der Waals surface area contributed by atoms with Crippen LogP contribution in [0.4, 0.5) is 0 Å². The Labute approximate surface area is 107 Å². The summed E-state index contributed by atoms with van der Waals surface area (Å²) in [4.78, 5) is 11.5. The first-order valence-electron chi connectivity index (χ1n) is 6.04. The van der Waals surface area contributed by atoms with Crippen LogP contribution in [0.25, 0.3) is 0 Å². The summed E-state index contributed by atoms with van der Waals surface area (Å²) in [5, 5.41) is 0. The Morgan fingerprint density at radius 3 is 2.59 bits per heavy atom. The Balaban J connectivity index is 2.23. The number of rotatable bonds is 2. The minimum Gasteiger partial charge on any atom is -0.274 e. The number of hydrogen-bond acceptors (Lipinski definition) is 3. The Hall–Kier alpha value is -0.290. The molecule has 2 rings (SSSR count). The second-order valence-electron chi connectivity index (χ2n) is 5.60. The number of amides is 1. The van der Waals surface area contributed by atoms with E-state index in [9.17, 15) is 13.2 Å². The minimum absolute atomic E-state index is 0.335. The van der Waals surface area contributed by atoms with Crippen LogP contribution >= 0.6 is 10.7 Å². The molecule has 0 aromatic heterocycles. The maximum Gasteiger partial charge on any atom is 0.324 e. The van der Waals surface area contributed by atoms with Crippen molar-refractivity contribution >= 4 is 25.8 Å². The van der Waals surface area contributed by atoms with Crippen LogP contribution in [0, 0.1) is 11.8 Å². The quantitative estimate of drug-likeness (QED) is 0.576. The van der Waals surface area contributed by atoms with Gasteiger partial charge in [-0.2, -0.15) is 8.42 Å². The van der Waals surface area contributed by atoms with Gasteiger partial charge in [-0.25, -0.2) is 4.31 Å². The van der Waals surface area contributed by atoms with Crippen molar-refractivity contribution in [1.29, 1.82) is 0 Å². The first kappa shape index (κ1) is 13.1. The fourth-order valence-electron chi connectivity index (χ4n) is 3.25. The van der Waals surface area contributed by atoms with Gasteiger partial charge < -0.3 is 0 Å². The number of nitrogens with zero attached hydrogens (tertiary/aromatic N) is 1. The highest BCUT2D eigenvalue weighted by Gasteiger charge is 2.57. The van der Waals surface area contributed by atoms with Crippen molar-refractivity contribution in [2.24, 2.45) is 11.8 Å². The van der Waals surface area contributed by atoms with Crippen LogP contribution < -0.4 is 0 Å². The molecule has 0 bridgehead atoms. The summed E-state index contributed by atoms with van der Waals surface area (Å²) < 4.78 is 23.8. The highest BCUT2D eigenvalue weighted by molar-refractivity contribution is 8.12. The topological polar surface area (TPSA) is 54.5 Å². The van der Waals surface area contributed by atoms with E-state index in [0.717, 1.165) is 30.0 Å². The molecule has 1 aliphatic heterocycles. The van der Waals surface area contributed by atoms with Gasteiger partial charge in [-0.15, -0.1) is 0 Å². The van der Waals surface area contributed by atoms with Crippen LogP contribution in [0.15, 0.2) is 0 Å². The van der Waals surface area contributed by atoms with Gasteiger partial charge in [0.25, 0.3) is 0 Å². The van der Waals surface area contributed by atoms with Crippen molar-refractivity contribution in [2.75, 3.05) is 0 Å². The molecule has 0 radical (unpaired) electrons. The van der Waals surface area contributed by atoms with E-state index in [1.54, 1.807) is 0 Å². The molecule has 1 saturated carbocycles. The van der Waals surface area contributed by atoms with Gasteiger partial charge in [-0.05, 0) is 24.7 Å². The summed E-state index contributed by atoms with van der Waals surface area (Å²) in [6.07, 6.45) is 3.95. The average Bonchev–Trinajstić information content (AvgIpc) is 2.14. The van der Waals surface area contributed by atoms with Crippen molar-refractivity contribution in [2.45, 2.75) is 51.5 Å². The molecule has 2 aliphatic rings. The van der Waals surface area contributed by atoms with Crippen molar-refractivity contribution < 1.29 is 13.2 Å². The Bertz CT molecular complexity index is 434. The molecule has 2 atom stereocenters. The fraction of sp³-hybridized carbons (Fsp3) is 0.909. The van der Waals surface area contributed by atoms with E-state index in [2.05, 4.69) is 13.8 Å². The van der Waals surface area contributed by atoms with Gasteiger partial charge in [0, 0.05) is 10.7 Å². The van der Waals surface area contributed by atoms with Crippen molar-refractivity contribution in [3.63, 3.8) is 0 Å². The summed E-state index contributed by atoms with van der Waals surface area (Å²) in [7, 11) is 1.44. The van der Waals surface area contributed by atoms with E-state index >= 15 is 0 Å². The molecular formula is C11H18ClNO3S. The van der Waals surface area contributed by atoms with Crippen LogP contribution in [-0.2, 0) is 14.0 Å². The fourth-order valence-corrected chi connectivity index (χ4v) is 4.92. The van der Waals surface area contributed by atoms with E-state index in [-0.39, 0.29) is 5.91 Å². The molecule has 0 aromatic rings. The van der Waals surface area contributed by atoms with Crippen molar-refractivity contribution in [3.8, 4) is 0 Å². The smallest absolute Gasteiger partial charge is 0.274 e. The molecule has 98 valence electrons. The molecule has 0 aromatic carbocycles. The number of hydrogen-bond donors (Lipinski definition) is 0. The predicted molar refractivity (Wildman–Crippen MR) is 65.8 cm³/mol. The van der Waals surface area contributed by atoms with Crippen molar-refractivity contribution in [3.05, 3.63) is 0 Å². The molecule has 2 fully saturated rings. The number of β-lactam (4-membered cyclic amide) rings is 1. The second kappa shape index (κ2) is 4.12. The SMILES string of the molecule is CC(C)C1CCCC2(CC(=O)N2S(=O)(=O)Cl)C1. The number of halogens is 1. The maximum atomic E-state index is 11.5. The zero-order valence-electron chi connectivity index (χ0n) is 10.1. The maximum absolute atomic E-state index is 11.5. The molecule has 17 heavy (non-hydrogen) atoms. The third kappa shape index (κ3) is 2.19. The zero-order valence-corrected chi connectivity index (χ0v) is 11.7. The van der Waals surface area contributed by atoms with Crippen LogP contribution in [0.3, 0.4) is 0 Å². The van der Waals surface area contributed by atoms with Crippen LogP contribution in [0.5, 0.6) is 0 Å². The Kier molecular flexibility index (Phi) is 3.19. The molecule has 4 nitrogen and oxygen atoms in total. The van der Waals surface area contributed by atoms with Gasteiger partial charge in [-0.1, -0.05) is 26.7 Å². The lowest BCUT2D eigenvalue weighted by Crippen LogP contribution is -2.66. The third-order valence-electron chi connectivity index (χ3n) is 4.16. The van der Waals surface area contributed by atoms with E-state index in [0.29, 0.717) is 18.3 Å². The zero-order chi connectivity index (χ0) is 12.8.